The molecule has 0 aromatic rings. The molecular formula is C14H26N2O4. The van der Waals surface area contributed by atoms with Crippen LogP contribution in [0, 0.1) is 11.3 Å². The average Bonchev–Trinajstić information content (AvgIpc) is 2.33. The van der Waals surface area contributed by atoms with Crippen LogP contribution in [-0.2, 0) is 19.1 Å². The summed E-state index contributed by atoms with van der Waals surface area (Å²) < 4.78 is 4.98. The van der Waals surface area contributed by atoms with Crippen LogP contribution < -0.4 is 5.32 Å². The number of esters is 1. The molecule has 0 aliphatic rings. The molecule has 0 aliphatic heterocycles. The van der Waals surface area contributed by atoms with Crippen LogP contribution >= 0.6 is 0 Å². The Hall–Kier alpha value is -1.59. The van der Waals surface area contributed by atoms with E-state index >= 15 is 0 Å². The molecule has 0 aliphatic carbocycles. The van der Waals surface area contributed by atoms with Crippen molar-refractivity contribution in [1.29, 1.82) is 0 Å². The molecule has 1 N–H and O–H groups in total. The second-order valence-electron chi connectivity index (χ2n) is 5.73. The standard InChI is InChI=1S/C14H26N2O4/c1-7-20-13(19)11(14(2,3)4)12(18)16(6)9-8-10(17)15-5/h11H,7-9H2,1-6H3,(H,15,17). The number of amides is 2. The first kappa shape index (κ1) is 18.4. The van der Waals surface area contributed by atoms with Gasteiger partial charge < -0.3 is 15.0 Å². The molecule has 0 bridgehead atoms. The zero-order valence-corrected chi connectivity index (χ0v) is 13.3. The summed E-state index contributed by atoms with van der Waals surface area (Å²) in [5.74, 6) is -1.85. The molecule has 0 spiro atoms. The maximum absolute atomic E-state index is 12.4. The summed E-state index contributed by atoms with van der Waals surface area (Å²) in [4.78, 5) is 37.0. The lowest BCUT2D eigenvalue weighted by Crippen LogP contribution is -2.45. The van der Waals surface area contributed by atoms with Crippen LogP contribution in [0.1, 0.15) is 34.1 Å². The van der Waals surface area contributed by atoms with Gasteiger partial charge in [0.25, 0.3) is 0 Å². The molecule has 6 heteroatoms. The fourth-order valence-electron chi connectivity index (χ4n) is 1.78. The first-order valence-electron chi connectivity index (χ1n) is 6.77. The molecular weight excluding hydrogens is 260 g/mol. The lowest BCUT2D eigenvalue weighted by molar-refractivity contribution is -0.160. The largest absolute Gasteiger partial charge is 0.465 e. The van der Waals surface area contributed by atoms with Crippen molar-refractivity contribution in [2.24, 2.45) is 11.3 Å². The number of carbonyl (C=O) groups excluding carboxylic acids is 3. The van der Waals surface area contributed by atoms with Crippen LogP contribution in [0.5, 0.6) is 0 Å². The van der Waals surface area contributed by atoms with Gasteiger partial charge in [0.15, 0.2) is 0 Å². The Bertz CT molecular complexity index is 361. The third kappa shape index (κ3) is 5.59. The smallest absolute Gasteiger partial charge is 0.319 e. The van der Waals surface area contributed by atoms with Crippen molar-refractivity contribution in [3.8, 4) is 0 Å². The lowest BCUT2D eigenvalue weighted by atomic mass is 9.80. The van der Waals surface area contributed by atoms with Crippen molar-refractivity contribution < 1.29 is 19.1 Å². The molecule has 0 fully saturated rings. The zero-order valence-electron chi connectivity index (χ0n) is 13.3. The topological polar surface area (TPSA) is 75.7 Å². The van der Waals surface area contributed by atoms with E-state index in [1.54, 1.807) is 21.0 Å². The Balaban J connectivity index is 4.87. The summed E-state index contributed by atoms with van der Waals surface area (Å²) in [7, 11) is 3.13. The zero-order chi connectivity index (χ0) is 15.9. The van der Waals surface area contributed by atoms with Gasteiger partial charge in [-0.25, -0.2) is 0 Å². The van der Waals surface area contributed by atoms with Gasteiger partial charge in [0, 0.05) is 27.1 Å². The van der Waals surface area contributed by atoms with Crippen LogP contribution in [0.2, 0.25) is 0 Å². The molecule has 0 aromatic heterocycles. The Morgan fingerprint density at radius 1 is 1.25 bits per heavy atom. The van der Waals surface area contributed by atoms with E-state index in [9.17, 15) is 14.4 Å². The maximum Gasteiger partial charge on any atom is 0.319 e. The van der Waals surface area contributed by atoms with E-state index in [4.69, 9.17) is 4.74 Å². The van der Waals surface area contributed by atoms with Crippen LogP contribution in [0.4, 0.5) is 0 Å². The van der Waals surface area contributed by atoms with Crippen LogP contribution in [0.25, 0.3) is 0 Å². The van der Waals surface area contributed by atoms with E-state index in [0.717, 1.165) is 0 Å². The summed E-state index contributed by atoms with van der Waals surface area (Å²) in [5, 5.41) is 2.49. The maximum atomic E-state index is 12.4. The van der Waals surface area contributed by atoms with Gasteiger partial charge >= 0.3 is 5.97 Å². The third-order valence-electron chi connectivity index (χ3n) is 2.96. The second-order valence-corrected chi connectivity index (χ2v) is 5.73. The Kier molecular flexibility index (Phi) is 7.24. The Morgan fingerprint density at radius 3 is 2.20 bits per heavy atom. The number of hydrogen-bond donors (Lipinski definition) is 1. The molecule has 0 rings (SSSR count). The minimum Gasteiger partial charge on any atom is -0.465 e. The van der Waals surface area contributed by atoms with Gasteiger partial charge in [-0.2, -0.15) is 0 Å². The van der Waals surface area contributed by atoms with Crippen LogP contribution in [0.15, 0.2) is 0 Å². The van der Waals surface area contributed by atoms with Gasteiger partial charge in [-0.1, -0.05) is 20.8 Å². The van der Waals surface area contributed by atoms with Crippen molar-refractivity contribution in [1.82, 2.24) is 10.2 Å². The predicted molar refractivity (Wildman–Crippen MR) is 75.9 cm³/mol. The van der Waals surface area contributed by atoms with E-state index in [1.165, 1.54) is 4.90 Å². The molecule has 0 aromatic carbocycles. The van der Waals surface area contributed by atoms with E-state index in [0.29, 0.717) is 0 Å². The van der Waals surface area contributed by atoms with E-state index in [1.807, 2.05) is 20.8 Å². The number of rotatable bonds is 6. The third-order valence-corrected chi connectivity index (χ3v) is 2.96. The fraction of sp³-hybridized carbons (Fsp3) is 0.786. The monoisotopic (exact) mass is 286 g/mol. The highest BCUT2D eigenvalue weighted by Crippen LogP contribution is 2.28. The number of ether oxygens (including phenoxy) is 1. The normalized spacial score (nSPS) is 12.5. The summed E-state index contributed by atoms with van der Waals surface area (Å²) in [5.41, 5.74) is -0.537. The van der Waals surface area contributed by atoms with Crippen molar-refractivity contribution in [2.45, 2.75) is 34.1 Å². The lowest BCUT2D eigenvalue weighted by Gasteiger charge is -2.31. The molecule has 1 unspecified atom stereocenters. The molecule has 0 saturated heterocycles. The highest BCUT2D eigenvalue weighted by molar-refractivity contribution is 5.98. The number of carbonyl (C=O) groups is 3. The number of nitrogens with one attached hydrogen (secondary N) is 1. The van der Waals surface area contributed by atoms with Gasteiger partial charge in [0.05, 0.1) is 6.61 Å². The van der Waals surface area contributed by atoms with Gasteiger partial charge in [-0.05, 0) is 12.3 Å². The van der Waals surface area contributed by atoms with Gasteiger partial charge in [-0.3, -0.25) is 14.4 Å². The highest BCUT2D eigenvalue weighted by Gasteiger charge is 2.40. The van der Waals surface area contributed by atoms with E-state index in [-0.39, 0.29) is 31.4 Å². The van der Waals surface area contributed by atoms with Gasteiger partial charge in [0.1, 0.15) is 5.92 Å². The van der Waals surface area contributed by atoms with Crippen LogP contribution in [0.3, 0.4) is 0 Å². The molecule has 20 heavy (non-hydrogen) atoms. The summed E-state index contributed by atoms with van der Waals surface area (Å²) >= 11 is 0. The molecule has 2 amide bonds. The van der Waals surface area contributed by atoms with Crippen molar-refractivity contribution >= 4 is 17.8 Å². The first-order chi connectivity index (χ1) is 9.15. The summed E-state index contributed by atoms with van der Waals surface area (Å²) in [6.45, 7) is 7.67. The van der Waals surface area contributed by atoms with E-state index < -0.39 is 17.3 Å². The van der Waals surface area contributed by atoms with Crippen molar-refractivity contribution in [2.75, 3.05) is 27.2 Å². The van der Waals surface area contributed by atoms with Crippen molar-refractivity contribution in [3.05, 3.63) is 0 Å². The minimum atomic E-state index is -0.864. The molecule has 0 heterocycles. The number of nitrogens with zero attached hydrogens (tertiary/aromatic N) is 1. The van der Waals surface area contributed by atoms with Crippen LogP contribution in [-0.4, -0.2) is 49.9 Å². The fourth-order valence-corrected chi connectivity index (χ4v) is 1.78. The molecule has 1 atom stereocenters. The molecule has 0 saturated carbocycles. The quantitative estimate of drug-likeness (QED) is 0.579. The SMILES string of the molecule is CCOC(=O)C(C(=O)N(C)CCC(=O)NC)C(C)(C)C. The number of hydrogen-bond acceptors (Lipinski definition) is 4. The Labute approximate surface area is 120 Å². The highest BCUT2D eigenvalue weighted by atomic mass is 16.5. The Morgan fingerprint density at radius 2 is 1.80 bits per heavy atom. The predicted octanol–water partition coefficient (Wildman–Crippen LogP) is 0.806. The minimum absolute atomic E-state index is 0.145. The van der Waals surface area contributed by atoms with Gasteiger partial charge in [-0.15, -0.1) is 0 Å². The second kappa shape index (κ2) is 7.87. The summed E-state index contributed by atoms with van der Waals surface area (Å²) in [6.07, 6.45) is 0.207. The van der Waals surface area contributed by atoms with Gasteiger partial charge in [0.2, 0.25) is 11.8 Å². The molecule has 6 nitrogen and oxygen atoms in total. The van der Waals surface area contributed by atoms with Crippen molar-refractivity contribution in [3.63, 3.8) is 0 Å². The molecule has 0 radical (unpaired) electrons. The molecule has 116 valence electrons. The van der Waals surface area contributed by atoms with E-state index in [2.05, 4.69) is 5.32 Å². The first-order valence-corrected chi connectivity index (χ1v) is 6.77. The summed E-state index contributed by atoms with van der Waals surface area (Å²) in [6, 6.07) is 0. The average molecular weight is 286 g/mol.